The monoisotopic (exact) mass is 475 g/mol. The number of carbonyl (C=O) groups excluding carboxylic acids is 1. The number of ether oxygens (including phenoxy) is 3. The molecule has 1 aromatic heterocycles. The molecule has 0 saturated carbocycles. The molecule has 13 heteroatoms. The second-order valence-corrected chi connectivity index (χ2v) is 7.33. The van der Waals surface area contributed by atoms with Crippen LogP contribution in [0.5, 0.6) is 11.5 Å². The number of esters is 1. The van der Waals surface area contributed by atoms with Crippen molar-refractivity contribution in [3.8, 4) is 11.5 Å². The van der Waals surface area contributed by atoms with E-state index in [1.807, 2.05) is 4.90 Å². The summed E-state index contributed by atoms with van der Waals surface area (Å²) >= 11 is 0. The van der Waals surface area contributed by atoms with E-state index >= 15 is 0 Å². The average Bonchev–Trinajstić information content (AvgIpc) is 3.33. The van der Waals surface area contributed by atoms with Crippen LogP contribution in [0.15, 0.2) is 36.4 Å². The summed E-state index contributed by atoms with van der Waals surface area (Å²) in [4.78, 5) is 24.8. The molecule has 1 aliphatic heterocycles. The summed E-state index contributed by atoms with van der Waals surface area (Å²) in [7, 11) is 1.17. The van der Waals surface area contributed by atoms with Gasteiger partial charge in [-0.2, -0.15) is 4.80 Å². The molecule has 0 N–H and O–H groups in total. The molecule has 0 amide bonds. The van der Waals surface area contributed by atoms with Crippen molar-refractivity contribution < 1.29 is 32.4 Å². The molecule has 4 rings (SSSR count). The normalized spacial score (nSPS) is 16.5. The third-order valence-electron chi connectivity index (χ3n) is 5.12. The Morgan fingerprint density at radius 2 is 2.24 bits per heavy atom. The van der Waals surface area contributed by atoms with Gasteiger partial charge in [-0.3, -0.25) is 10.1 Å². The van der Waals surface area contributed by atoms with Gasteiger partial charge in [0.25, 0.3) is 0 Å². The Labute approximate surface area is 197 Å². The van der Waals surface area contributed by atoms with Gasteiger partial charge in [0.2, 0.25) is 0 Å². The number of hydrogen-bond acceptors (Lipinski definition) is 10. The van der Waals surface area contributed by atoms with Crippen molar-refractivity contribution in [1.82, 2.24) is 20.2 Å². The SMILES string of the molecule is [2H]C([2H])([2H])n1nnc(C[C@H]2COc3cc(F)ccc3N2Cc2ccc(OCC(=O)OC)c([N+](=O)[O-])c2)n1. The van der Waals surface area contributed by atoms with Crippen LogP contribution in [0.25, 0.3) is 0 Å². The van der Waals surface area contributed by atoms with E-state index in [0.29, 0.717) is 16.0 Å². The third kappa shape index (κ3) is 5.03. The lowest BCUT2D eigenvalue weighted by molar-refractivity contribution is -0.385. The van der Waals surface area contributed by atoms with Crippen molar-refractivity contribution in [2.24, 2.45) is 6.98 Å². The fourth-order valence-electron chi connectivity index (χ4n) is 3.55. The topological polar surface area (TPSA) is 135 Å². The molecule has 178 valence electrons. The molecule has 0 aliphatic carbocycles. The van der Waals surface area contributed by atoms with Gasteiger partial charge in [0.1, 0.15) is 18.2 Å². The standard InChI is InChI=1S/C21H21FN6O6/c1-26-24-20(23-25-26)9-15-11-33-19-8-14(22)4-5-16(19)27(15)10-13-3-6-18(17(7-13)28(30)31)34-12-21(29)32-2/h3-8,15H,9-12H2,1-2H3/t15-/m0/s1/i1D3. The summed E-state index contributed by atoms with van der Waals surface area (Å²) in [5, 5.41) is 23.0. The minimum Gasteiger partial charge on any atom is -0.489 e. The van der Waals surface area contributed by atoms with Gasteiger partial charge in [0.05, 0.1) is 30.7 Å². The molecular formula is C21H21FN6O6. The van der Waals surface area contributed by atoms with Crippen LogP contribution in [0, 0.1) is 15.9 Å². The number of hydrogen-bond donors (Lipinski definition) is 0. The Morgan fingerprint density at radius 1 is 1.38 bits per heavy atom. The Balaban J connectivity index is 1.63. The lowest BCUT2D eigenvalue weighted by Gasteiger charge is -2.38. The number of nitro benzene ring substituents is 1. The molecule has 0 radical (unpaired) electrons. The van der Waals surface area contributed by atoms with E-state index in [4.69, 9.17) is 13.6 Å². The molecule has 1 atom stereocenters. The van der Waals surface area contributed by atoms with Gasteiger partial charge in [-0.05, 0) is 29.0 Å². The van der Waals surface area contributed by atoms with Gasteiger partial charge in [0.15, 0.2) is 18.2 Å². The lowest BCUT2D eigenvalue weighted by Crippen LogP contribution is -2.44. The maximum atomic E-state index is 13.8. The average molecular weight is 475 g/mol. The molecule has 2 aromatic carbocycles. The Morgan fingerprint density at radius 3 is 2.97 bits per heavy atom. The van der Waals surface area contributed by atoms with Crippen LogP contribution in [0.1, 0.15) is 15.5 Å². The van der Waals surface area contributed by atoms with Gasteiger partial charge < -0.3 is 19.1 Å². The van der Waals surface area contributed by atoms with Crippen molar-refractivity contribution >= 4 is 17.3 Å². The first-order chi connectivity index (χ1) is 17.5. The number of aromatic nitrogens is 4. The van der Waals surface area contributed by atoms with E-state index in [1.165, 1.54) is 37.4 Å². The fourth-order valence-corrected chi connectivity index (χ4v) is 3.55. The van der Waals surface area contributed by atoms with E-state index in [1.54, 1.807) is 6.07 Å². The van der Waals surface area contributed by atoms with Crippen molar-refractivity contribution in [3.63, 3.8) is 0 Å². The second kappa shape index (κ2) is 9.68. The molecular weight excluding hydrogens is 451 g/mol. The quantitative estimate of drug-likeness (QED) is 0.270. The summed E-state index contributed by atoms with van der Waals surface area (Å²) in [6, 6.07) is 7.85. The number of nitrogens with zero attached hydrogens (tertiary/aromatic N) is 6. The van der Waals surface area contributed by atoms with Crippen LogP contribution in [-0.4, -0.2) is 57.5 Å². The molecule has 0 spiro atoms. The first-order valence-corrected chi connectivity index (χ1v) is 10.0. The Kier molecular flexibility index (Phi) is 5.47. The number of aryl methyl sites for hydroxylation is 1. The molecule has 0 bridgehead atoms. The van der Waals surface area contributed by atoms with E-state index in [-0.39, 0.29) is 42.6 Å². The maximum Gasteiger partial charge on any atom is 0.343 e. The Hall–Kier alpha value is -4.29. The Bertz CT molecular complexity index is 1320. The van der Waals surface area contributed by atoms with Crippen LogP contribution >= 0.6 is 0 Å². The highest BCUT2D eigenvalue weighted by molar-refractivity contribution is 5.71. The number of methoxy groups -OCH3 is 1. The van der Waals surface area contributed by atoms with Crippen LogP contribution in [0.3, 0.4) is 0 Å². The first-order valence-electron chi connectivity index (χ1n) is 11.5. The number of anilines is 1. The van der Waals surface area contributed by atoms with Gasteiger partial charge in [-0.15, -0.1) is 10.2 Å². The van der Waals surface area contributed by atoms with Crippen LogP contribution in [0.4, 0.5) is 15.8 Å². The largest absolute Gasteiger partial charge is 0.489 e. The van der Waals surface area contributed by atoms with E-state index in [9.17, 15) is 19.3 Å². The van der Waals surface area contributed by atoms with Crippen LogP contribution < -0.4 is 14.4 Å². The molecule has 2 heterocycles. The van der Waals surface area contributed by atoms with Crippen LogP contribution in [0.2, 0.25) is 0 Å². The first kappa shape index (κ1) is 19.2. The van der Waals surface area contributed by atoms with Gasteiger partial charge in [0, 0.05) is 29.2 Å². The minimum atomic E-state index is -2.59. The molecule has 34 heavy (non-hydrogen) atoms. The van der Waals surface area contributed by atoms with Crippen molar-refractivity contribution in [1.29, 1.82) is 0 Å². The van der Waals surface area contributed by atoms with Crippen molar-refractivity contribution in [2.75, 3.05) is 25.2 Å². The van der Waals surface area contributed by atoms with Gasteiger partial charge in [-0.1, -0.05) is 6.07 Å². The lowest BCUT2D eigenvalue weighted by atomic mass is 10.1. The molecule has 0 saturated heterocycles. The summed E-state index contributed by atoms with van der Waals surface area (Å²) < 4.78 is 51.5. The number of carbonyl (C=O) groups is 1. The summed E-state index contributed by atoms with van der Waals surface area (Å²) in [5.74, 6) is -0.865. The third-order valence-corrected chi connectivity index (χ3v) is 5.12. The summed E-state index contributed by atoms with van der Waals surface area (Å²) in [6.07, 6.45) is 0.134. The molecule has 0 unspecified atom stereocenters. The number of tetrazole rings is 1. The predicted molar refractivity (Wildman–Crippen MR) is 115 cm³/mol. The van der Waals surface area contributed by atoms with Crippen LogP contribution in [-0.2, 0) is 29.5 Å². The van der Waals surface area contributed by atoms with E-state index in [2.05, 4.69) is 20.1 Å². The van der Waals surface area contributed by atoms with E-state index in [0.717, 1.165) is 0 Å². The number of benzene rings is 2. The van der Waals surface area contributed by atoms with E-state index < -0.39 is 36.3 Å². The molecule has 12 nitrogen and oxygen atoms in total. The smallest absolute Gasteiger partial charge is 0.343 e. The zero-order chi connectivity index (χ0) is 26.7. The van der Waals surface area contributed by atoms with Gasteiger partial charge >= 0.3 is 11.7 Å². The number of nitro groups is 1. The zero-order valence-corrected chi connectivity index (χ0v) is 17.9. The highest BCUT2D eigenvalue weighted by Crippen LogP contribution is 2.37. The minimum absolute atomic E-state index is 0.0845. The maximum absolute atomic E-state index is 13.8. The summed E-state index contributed by atoms with van der Waals surface area (Å²) in [6.45, 7) is -2.86. The predicted octanol–water partition coefficient (Wildman–Crippen LogP) is 1.82. The molecule has 3 aromatic rings. The number of fused-ring (bicyclic) bond motifs is 1. The highest BCUT2D eigenvalue weighted by atomic mass is 19.1. The molecule has 0 fully saturated rings. The number of rotatable bonds is 8. The fraction of sp³-hybridized carbons (Fsp3) is 0.333. The summed E-state index contributed by atoms with van der Waals surface area (Å²) in [5.41, 5.74) is 0.681. The van der Waals surface area contributed by atoms with Crippen molar-refractivity contribution in [3.05, 3.63) is 63.7 Å². The zero-order valence-electron chi connectivity index (χ0n) is 20.9. The second-order valence-electron chi connectivity index (χ2n) is 7.33. The molecule has 1 aliphatic rings. The van der Waals surface area contributed by atoms with Gasteiger partial charge in [-0.25, -0.2) is 9.18 Å². The number of halogens is 1. The van der Waals surface area contributed by atoms with Crippen molar-refractivity contribution in [2.45, 2.75) is 19.0 Å². The highest BCUT2D eigenvalue weighted by Gasteiger charge is 2.30.